The van der Waals surface area contributed by atoms with E-state index in [9.17, 15) is 15.0 Å². The number of ketones is 1. The summed E-state index contributed by atoms with van der Waals surface area (Å²) in [5, 5.41) is 31.4. The van der Waals surface area contributed by atoms with E-state index >= 15 is 0 Å². The highest BCUT2D eigenvalue weighted by Crippen LogP contribution is 2.41. The zero-order valence-electron chi connectivity index (χ0n) is 21.1. The molecule has 0 bridgehead atoms. The Labute approximate surface area is 212 Å². The van der Waals surface area contributed by atoms with Crippen molar-refractivity contribution in [2.75, 3.05) is 13.7 Å². The Bertz CT molecular complexity index is 1200. The molecule has 0 aliphatic carbocycles. The Hall–Kier alpha value is -3.09. The summed E-state index contributed by atoms with van der Waals surface area (Å²) in [6.07, 6.45) is 4.70. The van der Waals surface area contributed by atoms with Crippen LogP contribution in [0.1, 0.15) is 51.0 Å². The van der Waals surface area contributed by atoms with Gasteiger partial charge in [0.15, 0.2) is 11.5 Å². The minimum atomic E-state index is -0.0769. The fraction of sp³-hybridized carbons (Fsp3) is 0.433. The Morgan fingerprint density at radius 1 is 1.03 bits per heavy atom. The van der Waals surface area contributed by atoms with Crippen LogP contribution in [0.2, 0.25) is 0 Å². The Morgan fingerprint density at radius 2 is 1.81 bits per heavy atom. The number of hydrogen-bond donors (Lipinski definition) is 3. The number of aryl methyl sites for hydroxylation is 1. The molecule has 6 heteroatoms. The van der Waals surface area contributed by atoms with Crippen molar-refractivity contribution in [1.82, 2.24) is 0 Å². The lowest BCUT2D eigenvalue weighted by Gasteiger charge is -2.34. The second-order valence-electron chi connectivity index (χ2n) is 9.96. The number of aromatic hydroxyl groups is 2. The van der Waals surface area contributed by atoms with Gasteiger partial charge in [-0.1, -0.05) is 31.2 Å². The molecule has 3 aromatic rings. The number of phenols is 2. The molecular formula is C30H36O6. The zero-order chi connectivity index (χ0) is 25.7. The second kappa shape index (κ2) is 11.8. The fourth-order valence-electron chi connectivity index (χ4n) is 5.38. The van der Waals surface area contributed by atoms with Crippen molar-refractivity contribution < 1.29 is 29.6 Å². The molecule has 4 rings (SSSR count). The molecule has 6 nitrogen and oxygen atoms in total. The molecule has 3 N–H and O–H groups in total. The number of ether oxygens (including phenoxy) is 2. The van der Waals surface area contributed by atoms with Gasteiger partial charge in [0.05, 0.1) is 19.3 Å². The number of aliphatic hydroxyl groups excluding tert-OH is 1. The fourth-order valence-corrected chi connectivity index (χ4v) is 5.38. The van der Waals surface area contributed by atoms with Crippen molar-refractivity contribution in [3.05, 3.63) is 54.1 Å². The van der Waals surface area contributed by atoms with Gasteiger partial charge in [0.25, 0.3) is 0 Å². The third kappa shape index (κ3) is 6.18. The summed E-state index contributed by atoms with van der Waals surface area (Å²) in [6.45, 7) is 2.36. The molecule has 3 atom stereocenters. The number of rotatable bonds is 10. The summed E-state index contributed by atoms with van der Waals surface area (Å²) in [4.78, 5) is 13.0. The highest BCUT2D eigenvalue weighted by molar-refractivity contribution is 5.90. The summed E-state index contributed by atoms with van der Waals surface area (Å²) in [5.74, 6) is 1.25. The van der Waals surface area contributed by atoms with E-state index in [4.69, 9.17) is 14.6 Å². The Balaban J connectivity index is 1.51. The van der Waals surface area contributed by atoms with Gasteiger partial charge in [0.2, 0.25) is 0 Å². The summed E-state index contributed by atoms with van der Waals surface area (Å²) >= 11 is 0. The van der Waals surface area contributed by atoms with Gasteiger partial charge in [0.1, 0.15) is 11.5 Å². The lowest BCUT2D eigenvalue weighted by molar-refractivity contribution is -0.127. The van der Waals surface area contributed by atoms with Crippen LogP contribution < -0.4 is 4.74 Å². The monoisotopic (exact) mass is 492 g/mol. The number of methoxy groups -OCH3 is 1. The molecule has 1 saturated heterocycles. The van der Waals surface area contributed by atoms with Crippen LogP contribution in [0.5, 0.6) is 17.2 Å². The van der Waals surface area contributed by atoms with E-state index in [1.54, 1.807) is 18.2 Å². The maximum Gasteiger partial charge on any atom is 0.168 e. The lowest BCUT2D eigenvalue weighted by atomic mass is 9.88. The number of benzene rings is 3. The van der Waals surface area contributed by atoms with Crippen LogP contribution in [0.3, 0.4) is 0 Å². The van der Waals surface area contributed by atoms with Crippen molar-refractivity contribution in [3.63, 3.8) is 0 Å². The topological polar surface area (TPSA) is 96.2 Å². The molecule has 0 radical (unpaired) electrons. The van der Waals surface area contributed by atoms with Crippen LogP contribution in [-0.2, 0) is 16.0 Å². The molecule has 0 amide bonds. The van der Waals surface area contributed by atoms with Crippen LogP contribution >= 0.6 is 0 Å². The predicted octanol–water partition coefficient (Wildman–Crippen LogP) is 5.77. The number of carbonyl (C=O) groups is 1. The normalized spacial score (nSPS) is 19.9. The van der Waals surface area contributed by atoms with Crippen molar-refractivity contribution in [2.45, 2.75) is 64.1 Å². The van der Waals surface area contributed by atoms with Crippen molar-refractivity contribution in [1.29, 1.82) is 0 Å². The van der Waals surface area contributed by atoms with Crippen molar-refractivity contribution in [2.24, 2.45) is 5.92 Å². The van der Waals surface area contributed by atoms with Crippen LogP contribution in [0.25, 0.3) is 21.9 Å². The van der Waals surface area contributed by atoms with Crippen LogP contribution in [0.4, 0.5) is 0 Å². The molecular weight excluding hydrogens is 456 g/mol. The molecule has 0 aromatic heterocycles. The molecule has 1 heterocycles. The first-order valence-corrected chi connectivity index (χ1v) is 12.8. The predicted molar refractivity (Wildman–Crippen MR) is 141 cm³/mol. The molecule has 1 aliphatic heterocycles. The lowest BCUT2D eigenvalue weighted by Crippen LogP contribution is -2.33. The number of aliphatic hydroxyl groups is 1. The molecule has 3 unspecified atom stereocenters. The number of phenolic OH excluding ortho intramolecular Hbond substituents is 2. The van der Waals surface area contributed by atoms with E-state index in [0.717, 1.165) is 53.1 Å². The first-order valence-electron chi connectivity index (χ1n) is 12.8. The average Bonchev–Trinajstić information content (AvgIpc) is 2.85. The van der Waals surface area contributed by atoms with E-state index in [2.05, 4.69) is 6.92 Å². The third-order valence-electron chi connectivity index (χ3n) is 7.07. The molecule has 1 fully saturated rings. The Kier molecular flexibility index (Phi) is 8.49. The van der Waals surface area contributed by atoms with Gasteiger partial charge >= 0.3 is 0 Å². The summed E-state index contributed by atoms with van der Waals surface area (Å²) in [7, 11) is 1.52. The first-order chi connectivity index (χ1) is 17.4. The molecule has 192 valence electrons. The van der Waals surface area contributed by atoms with E-state index in [-0.39, 0.29) is 36.1 Å². The smallest absolute Gasteiger partial charge is 0.168 e. The van der Waals surface area contributed by atoms with Gasteiger partial charge in [-0.05, 0) is 84.2 Å². The molecule has 0 spiro atoms. The van der Waals surface area contributed by atoms with Crippen molar-refractivity contribution >= 4 is 16.6 Å². The van der Waals surface area contributed by atoms with Crippen LogP contribution in [-0.4, -0.2) is 47.0 Å². The molecule has 1 aliphatic rings. The maximum absolute atomic E-state index is 13.0. The molecule has 36 heavy (non-hydrogen) atoms. The minimum absolute atomic E-state index is 0.0390. The SMILES string of the molecule is COc1c(O)ccc(CCC(=O)CC2CC(C)CC(CCCO)O2)c1-c1ccc2ccc(O)cc2c1. The van der Waals surface area contributed by atoms with E-state index in [1.165, 1.54) is 7.11 Å². The average molecular weight is 493 g/mol. The molecule has 3 aromatic carbocycles. The van der Waals surface area contributed by atoms with Crippen LogP contribution in [0, 0.1) is 5.92 Å². The van der Waals surface area contributed by atoms with Crippen LogP contribution in [0.15, 0.2) is 48.5 Å². The number of Topliss-reactive ketones (excluding diaryl/α,β-unsaturated/α-hetero) is 1. The van der Waals surface area contributed by atoms with Gasteiger partial charge in [-0.3, -0.25) is 4.79 Å². The van der Waals surface area contributed by atoms with Gasteiger partial charge in [-0.15, -0.1) is 0 Å². The molecule has 0 saturated carbocycles. The third-order valence-corrected chi connectivity index (χ3v) is 7.07. The van der Waals surface area contributed by atoms with Gasteiger partial charge in [0, 0.05) is 25.0 Å². The number of carbonyl (C=O) groups excluding carboxylic acids is 1. The first kappa shape index (κ1) is 26.0. The van der Waals surface area contributed by atoms with E-state index in [0.29, 0.717) is 30.9 Å². The number of fused-ring (bicyclic) bond motifs is 1. The van der Waals surface area contributed by atoms with Gasteiger partial charge in [-0.2, -0.15) is 0 Å². The zero-order valence-corrected chi connectivity index (χ0v) is 21.1. The number of hydrogen-bond acceptors (Lipinski definition) is 6. The van der Waals surface area contributed by atoms with Crippen molar-refractivity contribution in [3.8, 4) is 28.4 Å². The Morgan fingerprint density at radius 3 is 2.58 bits per heavy atom. The highest BCUT2D eigenvalue weighted by Gasteiger charge is 2.28. The van der Waals surface area contributed by atoms with E-state index in [1.807, 2.05) is 30.3 Å². The summed E-state index contributed by atoms with van der Waals surface area (Å²) in [5.41, 5.74) is 2.51. The standard InChI is InChI=1S/C30H36O6/c1-19-14-26(4-3-13-31)36-27(15-19)18-25(33)11-8-21-9-12-28(34)30(35-2)29(21)22-6-5-20-7-10-24(32)17-23(20)16-22/h5-7,9-10,12,16-17,19,26-27,31-32,34H,3-4,8,11,13-15,18H2,1-2H3. The summed E-state index contributed by atoms with van der Waals surface area (Å²) in [6, 6.07) is 14.6. The van der Waals surface area contributed by atoms with E-state index < -0.39 is 0 Å². The van der Waals surface area contributed by atoms with Gasteiger partial charge < -0.3 is 24.8 Å². The minimum Gasteiger partial charge on any atom is -0.508 e. The maximum atomic E-state index is 13.0. The summed E-state index contributed by atoms with van der Waals surface area (Å²) < 4.78 is 11.7. The highest BCUT2D eigenvalue weighted by atomic mass is 16.5. The van der Waals surface area contributed by atoms with Gasteiger partial charge in [-0.25, -0.2) is 0 Å². The quantitative estimate of drug-likeness (QED) is 0.332. The largest absolute Gasteiger partial charge is 0.508 e. The second-order valence-corrected chi connectivity index (χ2v) is 9.96.